The lowest BCUT2D eigenvalue weighted by Crippen LogP contribution is -2.14. The predicted molar refractivity (Wildman–Crippen MR) is 93.8 cm³/mol. The molecule has 25 heavy (non-hydrogen) atoms. The first-order chi connectivity index (χ1) is 12.2. The molecule has 0 saturated heterocycles. The van der Waals surface area contributed by atoms with E-state index >= 15 is 0 Å². The Morgan fingerprint density at radius 1 is 1.20 bits per heavy atom. The summed E-state index contributed by atoms with van der Waals surface area (Å²) in [6.45, 7) is 4.51. The number of rotatable bonds is 6. The highest BCUT2D eigenvalue weighted by atomic mass is 16.5. The van der Waals surface area contributed by atoms with Crippen molar-refractivity contribution in [1.82, 2.24) is 20.2 Å². The van der Waals surface area contributed by atoms with Gasteiger partial charge in [0.2, 0.25) is 5.91 Å². The van der Waals surface area contributed by atoms with Gasteiger partial charge in [0.05, 0.1) is 18.7 Å². The van der Waals surface area contributed by atoms with E-state index in [9.17, 15) is 4.79 Å². The quantitative estimate of drug-likeness (QED) is 0.747. The molecule has 0 atom stereocenters. The summed E-state index contributed by atoms with van der Waals surface area (Å²) in [5.41, 5.74) is 3.51. The summed E-state index contributed by atoms with van der Waals surface area (Å²) in [6, 6.07) is 13.1. The maximum Gasteiger partial charge on any atom is 0.228 e. The van der Waals surface area contributed by atoms with Gasteiger partial charge in [0.1, 0.15) is 12.1 Å². The number of anilines is 1. The zero-order valence-corrected chi connectivity index (χ0v) is 14.1. The van der Waals surface area contributed by atoms with Crippen molar-refractivity contribution in [2.75, 3.05) is 11.9 Å². The van der Waals surface area contributed by atoms with Crippen LogP contribution in [0.2, 0.25) is 0 Å². The van der Waals surface area contributed by atoms with Gasteiger partial charge in [0, 0.05) is 5.69 Å². The summed E-state index contributed by atoms with van der Waals surface area (Å²) in [5, 5.41) is 14.0. The molecule has 0 aliphatic rings. The lowest BCUT2D eigenvalue weighted by Gasteiger charge is -2.10. The van der Waals surface area contributed by atoms with Gasteiger partial charge in [-0.1, -0.05) is 12.1 Å². The van der Waals surface area contributed by atoms with E-state index in [1.165, 1.54) is 6.33 Å². The number of aryl methyl sites for hydroxylation is 1. The van der Waals surface area contributed by atoms with Crippen LogP contribution >= 0.6 is 0 Å². The third kappa shape index (κ3) is 4.20. The number of amides is 1. The third-order valence-corrected chi connectivity index (χ3v) is 3.68. The molecule has 1 heterocycles. The minimum absolute atomic E-state index is 0.0706. The van der Waals surface area contributed by atoms with E-state index in [0.717, 1.165) is 28.3 Å². The predicted octanol–water partition coefficient (Wildman–Crippen LogP) is 2.55. The summed E-state index contributed by atoms with van der Waals surface area (Å²) in [7, 11) is 0. The van der Waals surface area contributed by atoms with E-state index in [2.05, 4.69) is 20.8 Å². The van der Waals surface area contributed by atoms with Gasteiger partial charge in [0.15, 0.2) is 0 Å². The van der Waals surface area contributed by atoms with E-state index in [1.54, 1.807) is 4.68 Å². The van der Waals surface area contributed by atoms with Crippen molar-refractivity contribution in [3.8, 4) is 11.4 Å². The van der Waals surface area contributed by atoms with Gasteiger partial charge in [-0.05, 0) is 65.7 Å². The maximum atomic E-state index is 12.2. The van der Waals surface area contributed by atoms with Crippen LogP contribution in [0.1, 0.15) is 18.1 Å². The Kier molecular flexibility index (Phi) is 5.03. The summed E-state index contributed by atoms with van der Waals surface area (Å²) < 4.78 is 6.98. The van der Waals surface area contributed by atoms with E-state index < -0.39 is 0 Å². The fraction of sp³-hybridized carbons (Fsp3) is 0.222. The van der Waals surface area contributed by atoms with Crippen molar-refractivity contribution in [3.63, 3.8) is 0 Å². The fourth-order valence-corrected chi connectivity index (χ4v) is 2.52. The fourth-order valence-electron chi connectivity index (χ4n) is 2.52. The molecule has 0 unspecified atom stereocenters. The van der Waals surface area contributed by atoms with Crippen LogP contribution in [0.3, 0.4) is 0 Å². The van der Waals surface area contributed by atoms with Gasteiger partial charge in [-0.3, -0.25) is 4.79 Å². The number of carbonyl (C=O) groups is 1. The average molecular weight is 337 g/mol. The molecule has 7 nitrogen and oxygen atoms in total. The second kappa shape index (κ2) is 7.57. The molecule has 1 N–H and O–H groups in total. The molecule has 1 aromatic heterocycles. The van der Waals surface area contributed by atoms with E-state index in [4.69, 9.17) is 4.74 Å². The van der Waals surface area contributed by atoms with Gasteiger partial charge in [-0.15, -0.1) is 5.10 Å². The smallest absolute Gasteiger partial charge is 0.228 e. The monoisotopic (exact) mass is 337 g/mol. The second-order valence-corrected chi connectivity index (χ2v) is 5.56. The summed E-state index contributed by atoms with van der Waals surface area (Å²) >= 11 is 0. The molecule has 0 bridgehead atoms. The Morgan fingerprint density at radius 3 is 2.64 bits per heavy atom. The van der Waals surface area contributed by atoms with Crippen molar-refractivity contribution in [3.05, 3.63) is 59.9 Å². The van der Waals surface area contributed by atoms with Crippen LogP contribution in [0.4, 0.5) is 5.69 Å². The Labute approximate surface area is 145 Å². The highest BCUT2D eigenvalue weighted by Crippen LogP contribution is 2.18. The van der Waals surface area contributed by atoms with Crippen LogP contribution in [0.5, 0.6) is 5.75 Å². The number of carbonyl (C=O) groups excluding carboxylic acids is 1. The first-order valence-electron chi connectivity index (χ1n) is 8.01. The molecular formula is C18H19N5O2. The Hall–Kier alpha value is -3.22. The van der Waals surface area contributed by atoms with Crippen molar-refractivity contribution in [2.45, 2.75) is 20.3 Å². The molecule has 0 saturated carbocycles. The maximum absolute atomic E-state index is 12.2. The highest BCUT2D eigenvalue weighted by molar-refractivity contribution is 5.92. The lowest BCUT2D eigenvalue weighted by molar-refractivity contribution is -0.115. The molecule has 0 radical (unpaired) electrons. The molecule has 0 spiro atoms. The van der Waals surface area contributed by atoms with Crippen molar-refractivity contribution in [1.29, 1.82) is 0 Å². The average Bonchev–Trinajstić information content (AvgIpc) is 3.11. The molecule has 0 fully saturated rings. The van der Waals surface area contributed by atoms with Crippen LogP contribution in [-0.2, 0) is 11.2 Å². The van der Waals surface area contributed by atoms with E-state index in [0.29, 0.717) is 13.0 Å². The highest BCUT2D eigenvalue weighted by Gasteiger charge is 2.08. The minimum Gasteiger partial charge on any atom is -0.494 e. The first-order valence-corrected chi connectivity index (χ1v) is 8.01. The molecule has 2 aromatic carbocycles. The summed E-state index contributed by atoms with van der Waals surface area (Å²) in [6.07, 6.45) is 1.84. The Bertz CT molecular complexity index is 844. The van der Waals surface area contributed by atoms with Gasteiger partial charge >= 0.3 is 0 Å². The topological polar surface area (TPSA) is 81.9 Å². The van der Waals surface area contributed by atoms with Gasteiger partial charge in [-0.25, -0.2) is 4.68 Å². The summed E-state index contributed by atoms with van der Waals surface area (Å²) in [4.78, 5) is 12.2. The van der Waals surface area contributed by atoms with Gasteiger partial charge < -0.3 is 10.1 Å². The lowest BCUT2D eigenvalue weighted by atomic mass is 10.1. The standard InChI is InChI=1S/C18H19N5O2/c1-3-25-16-7-4-14(5-8-16)11-18(24)20-15-6-9-17(13(2)10-15)23-12-19-21-22-23/h4-10,12H,3,11H2,1-2H3,(H,20,24). The number of benzene rings is 2. The number of tetrazole rings is 1. The zero-order valence-electron chi connectivity index (χ0n) is 14.1. The minimum atomic E-state index is -0.0706. The number of aromatic nitrogens is 4. The van der Waals surface area contributed by atoms with Crippen molar-refractivity contribution >= 4 is 11.6 Å². The molecular weight excluding hydrogens is 318 g/mol. The third-order valence-electron chi connectivity index (χ3n) is 3.68. The summed E-state index contributed by atoms with van der Waals surface area (Å²) in [5.74, 6) is 0.735. The van der Waals surface area contributed by atoms with Crippen LogP contribution in [0, 0.1) is 6.92 Å². The van der Waals surface area contributed by atoms with Gasteiger partial charge in [-0.2, -0.15) is 0 Å². The number of ether oxygens (including phenoxy) is 1. The molecule has 7 heteroatoms. The number of nitrogens with one attached hydrogen (secondary N) is 1. The molecule has 0 aliphatic carbocycles. The van der Waals surface area contributed by atoms with E-state index in [1.807, 2.05) is 56.3 Å². The van der Waals surface area contributed by atoms with Crippen molar-refractivity contribution in [2.24, 2.45) is 0 Å². The Morgan fingerprint density at radius 2 is 2.00 bits per heavy atom. The van der Waals surface area contributed by atoms with Crippen LogP contribution in [0.15, 0.2) is 48.8 Å². The normalized spacial score (nSPS) is 10.5. The SMILES string of the molecule is CCOc1ccc(CC(=O)Nc2ccc(-n3cnnn3)c(C)c2)cc1. The van der Waals surface area contributed by atoms with Crippen LogP contribution in [-0.4, -0.2) is 32.7 Å². The molecule has 0 aliphatic heterocycles. The first kappa shape index (κ1) is 16.6. The number of hydrogen-bond donors (Lipinski definition) is 1. The zero-order chi connectivity index (χ0) is 17.6. The second-order valence-electron chi connectivity index (χ2n) is 5.56. The van der Waals surface area contributed by atoms with Crippen LogP contribution in [0.25, 0.3) is 5.69 Å². The molecule has 3 rings (SSSR count). The molecule has 1 amide bonds. The Balaban J connectivity index is 1.63. The van der Waals surface area contributed by atoms with Gasteiger partial charge in [0.25, 0.3) is 0 Å². The van der Waals surface area contributed by atoms with Crippen molar-refractivity contribution < 1.29 is 9.53 Å². The number of nitrogens with zero attached hydrogens (tertiary/aromatic N) is 4. The number of hydrogen-bond acceptors (Lipinski definition) is 5. The molecule has 3 aromatic rings. The molecule has 128 valence electrons. The van der Waals surface area contributed by atoms with E-state index in [-0.39, 0.29) is 5.91 Å². The largest absolute Gasteiger partial charge is 0.494 e. The van der Waals surface area contributed by atoms with Crippen LogP contribution < -0.4 is 10.1 Å².